The lowest BCUT2D eigenvalue weighted by atomic mass is 9.66. The molecule has 3 fully saturated rings. The second-order valence-corrected chi connectivity index (χ2v) is 17.2. The molecule has 2 aliphatic carbocycles. The van der Waals surface area contributed by atoms with E-state index in [1.54, 1.807) is 0 Å². The van der Waals surface area contributed by atoms with Crippen LogP contribution in [-0.4, -0.2) is 44.6 Å². The second kappa shape index (κ2) is 11.2. The van der Waals surface area contributed by atoms with E-state index in [1.165, 1.54) is 51.4 Å². The van der Waals surface area contributed by atoms with Crippen molar-refractivity contribution in [1.29, 1.82) is 0 Å². The van der Waals surface area contributed by atoms with Crippen LogP contribution in [0, 0.1) is 17.8 Å². The van der Waals surface area contributed by atoms with Gasteiger partial charge in [-0.05, 0) is 55.7 Å². The number of unbranched alkanes of at least 4 members (excludes halogenated alkanes) is 6. The van der Waals surface area contributed by atoms with E-state index in [-0.39, 0.29) is 16.9 Å². The molecule has 5 unspecified atom stereocenters. The van der Waals surface area contributed by atoms with Crippen LogP contribution in [0.1, 0.15) is 105 Å². The average Bonchev–Trinajstić information content (AvgIpc) is 3.29. The highest BCUT2D eigenvalue weighted by Gasteiger charge is 2.64. The number of ether oxygens (including phenoxy) is 2. The van der Waals surface area contributed by atoms with E-state index in [1.807, 2.05) is 0 Å². The summed E-state index contributed by atoms with van der Waals surface area (Å²) in [6.45, 7) is 15.5. The highest BCUT2D eigenvalue weighted by Crippen LogP contribution is 2.60. The van der Waals surface area contributed by atoms with Crippen LogP contribution in [0.15, 0.2) is 0 Å². The van der Waals surface area contributed by atoms with Crippen molar-refractivity contribution in [3.05, 3.63) is 0 Å². The second-order valence-electron chi connectivity index (χ2n) is 12.4. The Kier molecular flexibility index (Phi) is 9.33. The number of aliphatic hydroxyl groups is 1. The third-order valence-electron chi connectivity index (χ3n) is 9.14. The van der Waals surface area contributed by atoms with E-state index >= 15 is 0 Å². The van der Waals surface area contributed by atoms with Crippen molar-refractivity contribution < 1.29 is 19.0 Å². The summed E-state index contributed by atoms with van der Waals surface area (Å²) in [6, 6.07) is 0. The molecule has 1 heterocycles. The smallest absolute Gasteiger partial charge is 0.192 e. The first-order valence-electron chi connectivity index (χ1n) is 13.7. The molecule has 4 nitrogen and oxygen atoms in total. The molecule has 1 N–H and O–H groups in total. The Hall–Kier alpha value is 0.0569. The van der Waals surface area contributed by atoms with Crippen LogP contribution in [0.4, 0.5) is 0 Å². The summed E-state index contributed by atoms with van der Waals surface area (Å²) in [6.07, 6.45) is 14.7. The molecule has 5 heteroatoms. The lowest BCUT2D eigenvalue weighted by molar-refractivity contribution is -0.272. The van der Waals surface area contributed by atoms with E-state index in [0.717, 1.165) is 25.7 Å². The van der Waals surface area contributed by atoms with Crippen molar-refractivity contribution in [2.75, 3.05) is 13.2 Å². The van der Waals surface area contributed by atoms with Crippen LogP contribution in [0.5, 0.6) is 0 Å². The molecule has 0 bridgehead atoms. The zero-order valence-electron chi connectivity index (χ0n) is 22.0. The molecule has 188 valence electrons. The maximum absolute atomic E-state index is 10.9. The summed E-state index contributed by atoms with van der Waals surface area (Å²) >= 11 is 0. The number of aliphatic hydroxyl groups excluding tert-OH is 1. The quantitative estimate of drug-likeness (QED) is 0.232. The maximum atomic E-state index is 10.9. The first-order valence-corrected chi connectivity index (χ1v) is 16.6. The molecule has 0 aromatic carbocycles. The standard InChI is InChI=1S/C27H52O4Si/c1-7-8-9-10-11-12-13-14-21(31-32(5,6)26(2,3)4)15-16-22-23-20-27(29-17-18-30-27)24(23)19-25(22)28/h21-25,28H,7-20H2,1-6H3. The van der Waals surface area contributed by atoms with Crippen LogP contribution >= 0.6 is 0 Å². The predicted octanol–water partition coefficient (Wildman–Crippen LogP) is 7.06. The maximum Gasteiger partial charge on any atom is 0.192 e. The molecule has 0 aromatic heterocycles. The number of hydrogen-bond acceptors (Lipinski definition) is 4. The van der Waals surface area contributed by atoms with Crippen molar-refractivity contribution in [1.82, 2.24) is 0 Å². The van der Waals surface area contributed by atoms with Crippen molar-refractivity contribution in [3.63, 3.8) is 0 Å². The van der Waals surface area contributed by atoms with E-state index in [0.29, 0.717) is 37.1 Å². The Morgan fingerprint density at radius 1 is 1.00 bits per heavy atom. The number of fused-ring (bicyclic) bond motifs is 2. The van der Waals surface area contributed by atoms with E-state index in [2.05, 4.69) is 40.8 Å². The van der Waals surface area contributed by atoms with Gasteiger partial charge in [0.05, 0.1) is 19.3 Å². The van der Waals surface area contributed by atoms with Crippen LogP contribution in [0.25, 0.3) is 0 Å². The van der Waals surface area contributed by atoms with Crippen molar-refractivity contribution >= 4 is 8.32 Å². The Balaban J connectivity index is 1.50. The van der Waals surface area contributed by atoms with Gasteiger partial charge in [0.2, 0.25) is 0 Å². The van der Waals surface area contributed by atoms with Crippen molar-refractivity contribution in [3.8, 4) is 0 Å². The highest BCUT2D eigenvalue weighted by atomic mass is 28.4. The molecule has 1 aliphatic heterocycles. The molecule has 1 saturated heterocycles. The first kappa shape index (κ1) is 26.7. The Morgan fingerprint density at radius 3 is 2.25 bits per heavy atom. The summed E-state index contributed by atoms with van der Waals surface area (Å²) in [5.74, 6) is 0.996. The summed E-state index contributed by atoms with van der Waals surface area (Å²) in [5, 5.41) is 11.1. The largest absolute Gasteiger partial charge is 0.414 e. The molecular formula is C27H52O4Si. The summed E-state index contributed by atoms with van der Waals surface area (Å²) in [7, 11) is -1.79. The zero-order chi connectivity index (χ0) is 23.4. The molecule has 0 radical (unpaired) electrons. The molecule has 5 atom stereocenters. The van der Waals surface area contributed by atoms with Crippen LogP contribution in [0.2, 0.25) is 18.1 Å². The van der Waals surface area contributed by atoms with Gasteiger partial charge in [-0.25, -0.2) is 0 Å². The van der Waals surface area contributed by atoms with Gasteiger partial charge in [-0.2, -0.15) is 0 Å². The van der Waals surface area contributed by atoms with Gasteiger partial charge in [-0.3, -0.25) is 0 Å². The minimum Gasteiger partial charge on any atom is -0.414 e. The SMILES string of the molecule is CCCCCCCCCC(CCC1C(O)CC2C1CC21OCCO1)O[Si](C)(C)C(C)(C)C. The van der Waals surface area contributed by atoms with Crippen molar-refractivity contribution in [2.45, 2.75) is 141 Å². The summed E-state index contributed by atoms with van der Waals surface area (Å²) in [5.41, 5.74) is 0. The molecule has 2 saturated carbocycles. The fraction of sp³-hybridized carbons (Fsp3) is 1.00. The zero-order valence-corrected chi connectivity index (χ0v) is 23.0. The van der Waals surface area contributed by atoms with Crippen molar-refractivity contribution in [2.24, 2.45) is 17.8 Å². The molecule has 0 aromatic rings. The Morgan fingerprint density at radius 2 is 1.62 bits per heavy atom. The van der Waals surface area contributed by atoms with Gasteiger partial charge < -0.3 is 19.0 Å². The summed E-state index contributed by atoms with van der Waals surface area (Å²) in [4.78, 5) is 0. The third kappa shape index (κ3) is 6.18. The fourth-order valence-corrected chi connectivity index (χ4v) is 7.51. The monoisotopic (exact) mass is 468 g/mol. The van der Waals surface area contributed by atoms with Gasteiger partial charge >= 0.3 is 0 Å². The average molecular weight is 469 g/mol. The highest BCUT2D eigenvalue weighted by molar-refractivity contribution is 6.74. The Labute approximate surface area is 199 Å². The van der Waals surface area contributed by atoms with Gasteiger partial charge in [0.15, 0.2) is 14.1 Å². The summed E-state index contributed by atoms with van der Waals surface area (Å²) < 4.78 is 18.9. The van der Waals surface area contributed by atoms with Gasteiger partial charge in [0.25, 0.3) is 0 Å². The molecule has 0 amide bonds. The first-order chi connectivity index (χ1) is 15.1. The lowest BCUT2D eigenvalue weighted by Crippen LogP contribution is -2.54. The molecule has 3 rings (SSSR count). The normalized spacial score (nSPS) is 30.5. The van der Waals surface area contributed by atoms with Crippen LogP contribution in [0.3, 0.4) is 0 Å². The number of rotatable bonds is 13. The van der Waals surface area contributed by atoms with E-state index in [9.17, 15) is 5.11 Å². The Bertz CT molecular complexity index is 566. The topological polar surface area (TPSA) is 47.9 Å². The number of hydrogen-bond donors (Lipinski definition) is 1. The van der Waals surface area contributed by atoms with E-state index < -0.39 is 8.32 Å². The van der Waals surface area contributed by atoms with Gasteiger partial charge in [0.1, 0.15) is 0 Å². The van der Waals surface area contributed by atoms with Crippen LogP contribution < -0.4 is 0 Å². The van der Waals surface area contributed by atoms with Gasteiger partial charge in [0, 0.05) is 18.4 Å². The van der Waals surface area contributed by atoms with Gasteiger partial charge in [-0.1, -0.05) is 72.6 Å². The molecule has 32 heavy (non-hydrogen) atoms. The minimum atomic E-state index is -1.79. The van der Waals surface area contributed by atoms with E-state index in [4.69, 9.17) is 13.9 Å². The van der Waals surface area contributed by atoms with Crippen LogP contribution in [-0.2, 0) is 13.9 Å². The van der Waals surface area contributed by atoms with Gasteiger partial charge in [-0.15, -0.1) is 0 Å². The molecular weight excluding hydrogens is 416 g/mol. The third-order valence-corrected chi connectivity index (χ3v) is 13.7. The molecule has 1 spiro atoms. The fourth-order valence-electron chi connectivity index (χ4n) is 6.08. The minimum absolute atomic E-state index is 0.204. The lowest BCUT2D eigenvalue weighted by Gasteiger charge is -2.49. The molecule has 3 aliphatic rings. The predicted molar refractivity (Wildman–Crippen MR) is 134 cm³/mol.